The lowest BCUT2D eigenvalue weighted by Gasteiger charge is -2.23. The fraction of sp³-hybridized carbons (Fsp3) is 0.538. The van der Waals surface area contributed by atoms with Gasteiger partial charge in [0.2, 0.25) is 0 Å². The SMILES string of the molecule is O=S1CCC(NCc2ccccc2C(F)(F)F)CC1. The van der Waals surface area contributed by atoms with Crippen LogP contribution >= 0.6 is 0 Å². The zero-order valence-corrected chi connectivity index (χ0v) is 11.2. The molecule has 2 nitrogen and oxygen atoms in total. The molecule has 1 saturated heterocycles. The summed E-state index contributed by atoms with van der Waals surface area (Å²) in [5.41, 5.74) is -0.316. The van der Waals surface area contributed by atoms with Gasteiger partial charge >= 0.3 is 6.18 Å². The topological polar surface area (TPSA) is 29.1 Å². The lowest BCUT2D eigenvalue weighted by Crippen LogP contribution is -2.35. The van der Waals surface area contributed by atoms with Crippen LogP contribution in [0.25, 0.3) is 0 Å². The molecule has 1 heterocycles. The molecular formula is C13H16F3NOS. The van der Waals surface area contributed by atoms with Crippen molar-refractivity contribution >= 4 is 10.8 Å². The lowest BCUT2D eigenvalue weighted by molar-refractivity contribution is -0.138. The molecule has 0 aliphatic carbocycles. The molecule has 0 radical (unpaired) electrons. The van der Waals surface area contributed by atoms with Gasteiger partial charge in [0, 0.05) is 34.9 Å². The monoisotopic (exact) mass is 291 g/mol. The van der Waals surface area contributed by atoms with Crippen LogP contribution in [-0.4, -0.2) is 21.8 Å². The number of rotatable bonds is 3. The maximum Gasteiger partial charge on any atom is 0.416 e. The maximum atomic E-state index is 12.8. The van der Waals surface area contributed by atoms with Crippen molar-refractivity contribution in [1.82, 2.24) is 5.32 Å². The highest BCUT2D eigenvalue weighted by Crippen LogP contribution is 2.31. The molecule has 1 aliphatic heterocycles. The minimum Gasteiger partial charge on any atom is -0.310 e. The van der Waals surface area contributed by atoms with Crippen LogP contribution in [0.15, 0.2) is 24.3 Å². The molecule has 0 saturated carbocycles. The molecule has 1 fully saturated rings. The van der Waals surface area contributed by atoms with E-state index in [4.69, 9.17) is 0 Å². The first-order valence-electron chi connectivity index (χ1n) is 6.20. The number of halogens is 3. The molecule has 0 bridgehead atoms. The first-order valence-corrected chi connectivity index (χ1v) is 7.69. The van der Waals surface area contributed by atoms with Crippen LogP contribution in [0.5, 0.6) is 0 Å². The van der Waals surface area contributed by atoms with E-state index in [-0.39, 0.29) is 18.2 Å². The molecule has 19 heavy (non-hydrogen) atoms. The van der Waals surface area contributed by atoms with Crippen LogP contribution in [0.3, 0.4) is 0 Å². The van der Waals surface area contributed by atoms with Crippen molar-refractivity contribution in [3.8, 4) is 0 Å². The van der Waals surface area contributed by atoms with Gasteiger partial charge in [-0.1, -0.05) is 18.2 Å². The Hall–Kier alpha value is -0.880. The van der Waals surface area contributed by atoms with Gasteiger partial charge in [-0.25, -0.2) is 0 Å². The second-order valence-corrected chi connectivity index (χ2v) is 6.35. The summed E-state index contributed by atoms with van der Waals surface area (Å²) in [7, 11) is -0.747. The summed E-state index contributed by atoms with van der Waals surface area (Å²) >= 11 is 0. The van der Waals surface area contributed by atoms with Gasteiger partial charge in [0.15, 0.2) is 0 Å². The van der Waals surface area contributed by atoms with Crippen molar-refractivity contribution in [2.24, 2.45) is 0 Å². The van der Waals surface area contributed by atoms with Gasteiger partial charge in [-0.3, -0.25) is 4.21 Å². The smallest absolute Gasteiger partial charge is 0.310 e. The molecule has 1 N–H and O–H groups in total. The highest BCUT2D eigenvalue weighted by molar-refractivity contribution is 7.85. The first-order chi connectivity index (χ1) is 8.97. The lowest BCUT2D eigenvalue weighted by atomic mass is 10.1. The van der Waals surface area contributed by atoms with Crippen LogP contribution < -0.4 is 5.32 Å². The summed E-state index contributed by atoms with van der Waals surface area (Å²) in [5, 5.41) is 3.14. The second kappa shape index (κ2) is 6.05. The molecule has 0 aromatic heterocycles. The quantitative estimate of drug-likeness (QED) is 0.927. The highest BCUT2D eigenvalue weighted by atomic mass is 32.2. The summed E-state index contributed by atoms with van der Waals surface area (Å²) < 4.78 is 49.6. The number of alkyl halides is 3. The van der Waals surface area contributed by atoms with E-state index < -0.39 is 22.5 Å². The van der Waals surface area contributed by atoms with E-state index in [1.165, 1.54) is 12.1 Å². The van der Waals surface area contributed by atoms with Crippen molar-refractivity contribution in [2.45, 2.75) is 31.6 Å². The molecule has 1 aromatic carbocycles. The van der Waals surface area contributed by atoms with Gasteiger partial charge in [-0.05, 0) is 24.5 Å². The fourth-order valence-corrected chi connectivity index (χ4v) is 3.50. The molecule has 1 aromatic rings. The largest absolute Gasteiger partial charge is 0.416 e. The molecule has 0 spiro atoms. The average molecular weight is 291 g/mol. The van der Waals surface area contributed by atoms with Gasteiger partial charge in [0.1, 0.15) is 0 Å². The Morgan fingerprint density at radius 3 is 2.47 bits per heavy atom. The predicted molar refractivity (Wildman–Crippen MR) is 69.2 cm³/mol. The molecule has 0 amide bonds. The van der Waals surface area contributed by atoms with Crippen molar-refractivity contribution in [3.05, 3.63) is 35.4 Å². The molecule has 2 rings (SSSR count). The Bertz CT molecular complexity index is 451. The van der Waals surface area contributed by atoms with Crippen molar-refractivity contribution in [1.29, 1.82) is 0 Å². The zero-order chi connectivity index (χ0) is 13.9. The van der Waals surface area contributed by atoms with E-state index in [2.05, 4.69) is 5.32 Å². The molecule has 0 atom stereocenters. The third-order valence-corrected chi connectivity index (χ3v) is 4.67. The van der Waals surface area contributed by atoms with Crippen molar-refractivity contribution < 1.29 is 17.4 Å². The first kappa shape index (κ1) is 14.5. The minimum atomic E-state index is -4.31. The summed E-state index contributed by atoms with van der Waals surface area (Å²) in [6, 6.07) is 5.78. The summed E-state index contributed by atoms with van der Waals surface area (Å²) in [5.74, 6) is 1.27. The Morgan fingerprint density at radius 1 is 1.21 bits per heavy atom. The number of benzene rings is 1. The average Bonchev–Trinajstić information content (AvgIpc) is 2.37. The summed E-state index contributed by atoms with van der Waals surface area (Å²) in [6.07, 6.45) is -2.78. The molecular weight excluding hydrogens is 275 g/mol. The van der Waals surface area contributed by atoms with Crippen LogP contribution in [0.4, 0.5) is 13.2 Å². The summed E-state index contributed by atoms with van der Waals surface area (Å²) in [6.45, 7) is 0.201. The van der Waals surface area contributed by atoms with Crippen LogP contribution in [0.2, 0.25) is 0 Å². The number of hydrogen-bond acceptors (Lipinski definition) is 2. The van der Waals surface area contributed by atoms with Crippen molar-refractivity contribution in [2.75, 3.05) is 11.5 Å². The molecule has 1 aliphatic rings. The van der Waals surface area contributed by atoms with Gasteiger partial charge in [-0.2, -0.15) is 13.2 Å². The third kappa shape index (κ3) is 4.04. The Labute approximate surface area is 112 Å². The van der Waals surface area contributed by atoms with Gasteiger partial charge in [-0.15, -0.1) is 0 Å². The van der Waals surface area contributed by atoms with Crippen LogP contribution in [0, 0.1) is 0 Å². The highest BCUT2D eigenvalue weighted by Gasteiger charge is 2.32. The number of hydrogen-bond donors (Lipinski definition) is 1. The third-order valence-electron chi connectivity index (χ3n) is 3.29. The van der Waals surface area contributed by atoms with Gasteiger partial charge < -0.3 is 5.32 Å². The second-order valence-electron chi connectivity index (χ2n) is 4.66. The Morgan fingerprint density at radius 2 is 1.84 bits per heavy atom. The fourth-order valence-electron chi connectivity index (χ4n) is 2.20. The van der Waals surface area contributed by atoms with E-state index in [1.54, 1.807) is 6.07 Å². The molecule has 0 unspecified atom stereocenters. The van der Waals surface area contributed by atoms with E-state index in [1.807, 2.05) is 0 Å². The molecule has 106 valence electrons. The Balaban J connectivity index is 1.98. The van der Waals surface area contributed by atoms with Crippen molar-refractivity contribution in [3.63, 3.8) is 0 Å². The molecule has 6 heteroatoms. The van der Waals surface area contributed by atoms with E-state index in [9.17, 15) is 17.4 Å². The summed E-state index contributed by atoms with van der Waals surface area (Å²) in [4.78, 5) is 0. The van der Waals surface area contributed by atoms with Crippen LogP contribution in [-0.2, 0) is 23.5 Å². The zero-order valence-electron chi connectivity index (χ0n) is 10.4. The predicted octanol–water partition coefficient (Wildman–Crippen LogP) is 2.71. The van der Waals surface area contributed by atoms with Gasteiger partial charge in [0.25, 0.3) is 0 Å². The van der Waals surface area contributed by atoms with Crippen LogP contribution in [0.1, 0.15) is 24.0 Å². The van der Waals surface area contributed by atoms with Gasteiger partial charge in [0.05, 0.1) is 5.56 Å². The van der Waals surface area contributed by atoms with E-state index in [0.717, 1.165) is 18.9 Å². The maximum absolute atomic E-state index is 12.8. The minimum absolute atomic E-state index is 0.166. The Kier molecular flexibility index (Phi) is 4.62. The van der Waals surface area contributed by atoms with E-state index in [0.29, 0.717) is 11.5 Å². The normalized spacial score (nSPS) is 24.4. The number of nitrogens with one attached hydrogen (secondary N) is 1. The van der Waals surface area contributed by atoms with E-state index >= 15 is 0 Å². The standard InChI is InChI=1S/C13H16F3NOS/c14-13(15,16)12-4-2-1-3-10(12)9-17-11-5-7-19(18)8-6-11/h1-4,11,17H,5-9H2.